The third kappa shape index (κ3) is 2.70. The van der Waals surface area contributed by atoms with Crippen LogP contribution in [0, 0.1) is 6.92 Å². The number of carbonyl (C=O) groups is 1. The van der Waals surface area contributed by atoms with Crippen LogP contribution in [0.15, 0.2) is 34.8 Å². The fourth-order valence-corrected chi connectivity index (χ4v) is 1.54. The Kier molecular flexibility index (Phi) is 3.47. The SMILES string of the molecule is C=C(Cc1cc(Br)ccc1C)C(=O)O. The van der Waals surface area contributed by atoms with Gasteiger partial charge in [0.05, 0.1) is 0 Å². The van der Waals surface area contributed by atoms with Gasteiger partial charge in [0.25, 0.3) is 0 Å². The van der Waals surface area contributed by atoms with Crippen molar-refractivity contribution in [2.75, 3.05) is 0 Å². The molecule has 2 nitrogen and oxygen atoms in total. The Labute approximate surface area is 91.4 Å². The molecule has 0 bridgehead atoms. The molecule has 1 N–H and O–H groups in total. The first kappa shape index (κ1) is 11.0. The van der Waals surface area contributed by atoms with Crippen LogP contribution in [0.25, 0.3) is 0 Å². The number of carboxylic acid groups (broad SMARTS) is 1. The molecule has 0 saturated carbocycles. The number of benzene rings is 1. The molecular formula is C11H11BrO2. The molecule has 0 unspecified atom stereocenters. The predicted octanol–water partition coefficient (Wildman–Crippen LogP) is 2.94. The maximum atomic E-state index is 10.6. The molecule has 74 valence electrons. The molecule has 0 saturated heterocycles. The summed E-state index contributed by atoms with van der Waals surface area (Å²) in [6, 6.07) is 5.81. The normalized spacial score (nSPS) is 9.86. The highest BCUT2D eigenvalue weighted by molar-refractivity contribution is 9.10. The first-order chi connectivity index (χ1) is 6.50. The topological polar surface area (TPSA) is 37.3 Å². The van der Waals surface area contributed by atoms with Gasteiger partial charge in [-0.15, -0.1) is 0 Å². The molecule has 0 aliphatic heterocycles. The van der Waals surface area contributed by atoms with Gasteiger partial charge in [-0.3, -0.25) is 0 Å². The highest BCUT2D eigenvalue weighted by atomic mass is 79.9. The van der Waals surface area contributed by atoms with Crippen molar-refractivity contribution in [3.63, 3.8) is 0 Å². The average molecular weight is 255 g/mol. The number of rotatable bonds is 3. The summed E-state index contributed by atoms with van der Waals surface area (Å²) in [5.74, 6) is -0.940. The number of halogens is 1. The molecule has 0 spiro atoms. The maximum Gasteiger partial charge on any atom is 0.331 e. The molecule has 0 aliphatic carbocycles. The maximum absolute atomic E-state index is 10.6. The van der Waals surface area contributed by atoms with E-state index in [0.717, 1.165) is 15.6 Å². The Morgan fingerprint density at radius 1 is 1.57 bits per heavy atom. The van der Waals surface area contributed by atoms with Gasteiger partial charge >= 0.3 is 5.97 Å². The van der Waals surface area contributed by atoms with Crippen LogP contribution < -0.4 is 0 Å². The first-order valence-electron chi connectivity index (χ1n) is 4.17. The fraction of sp³-hybridized carbons (Fsp3) is 0.182. The van der Waals surface area contributed by atoms with Crippen molar-refractivity contribution in [3.8, 4) is 0 Å². The Hall–Kier alpha value is -1.09. The number of hydrogen-bond acceptors (Lipinski definition) is 1. The molecule has 0 atom stereocenters. The number of aryl methyl sites for hydroxylation is 1. The van der Waals surface area contributed by atoms with Crippen LogP contribution in [0.5, 0.6) is 0 Å². The largest absolute Gasteiger partial charge is 0.478 e. The summed E-state index contributed by atoms with van der Waals surface area (Å²) in [6.07, 6.45) is 0.389. The quantitative estimate of drug-likeness (QED) is 0.843. The van der Waals surface area contributed by atoms with Crippen LogP contribution >= 0.6 is 15.9 Å². The number of aliphatic carboxylic acids is 1. The Balaban J connectivity index is 2.91. The van der Waals surface area contributed by atoms with Crippen LogP contribution in [0.1, 0.15) is 11.1 Å². The van der Waals surface area contributed by atoms with E-state index in [0.29, 0.717) is 6.42 Å². The van der Waals surface area contributed by atoms with Gasteiger partial charge in [0.2, 0.25) is 0 Å². The summed E-state index contributed by atoms with van der Waals surface area (Å²) in [7, 11) is 0. The minimum atomic E-state index is -0.940. The third-order valence-electron chi connectivity index (χ3n) is 2.02. The minimum Gasteiger partial charge on any atom is -0.478 e. The van der Waals surface area contributed by atoms with Crippen molar-refractivity contribution >= 4 is 21.9 Å². The van der Waals surface area contributed by atoms with Crippen LogP contribution in [0.4, 0.5) is 0 Å². The van der Waals surface area contributed by atoms with Crippen molar-refractivity contribution in [2.45, 2.75) is 13.3 Å². The zero-order valence-electron chi connectivity index (χ0n) is 7.88. The molecule has 0 fully saturated rings. The molecule has 3 heteroatoms. The standard InChI is InChI=1S/C11H11BrO2/c1-7-3-4-10(12)6-9(7)5-8(2)11(13)14/h3-4,6H,2,5H2,1H3,(H,13,14). The van der Waals surface area contributed by atoms with Crippen molar-refractivity contribution < 1.29 is 9.90 Å². The van der Waals surface area contributed by atoms with E-state index >= 15 is 0 Å². The molecule has 14 heavy (non-hydrogen) atoms. The molecule has 0 heterocycles. The summed E-state index contributed by atoms with van der Waals surface area (Å²) < 4.78 is 0.955. The fourth-order valence-electron chi connectivity index (χ4n) is 1.14. The van der Waals surface area contributed by atoms with Crippen LogP contribution in [0.3, 0.4) is 0 Å². The second kappa shape index (κ2) is 4.42. The minimum absolute atomic E-state index is 0.214. The summed E-state index contributed by atoms with van der Waals surface area (Å²) >= 11 is 3.35. The monoisotopic (exact) mass is 254 g/mol. The van der Waals surface area contributed by atoms with Gasteiger partial charge in [0.1, 0.15) is 0 Å². The Morgan fingerprint density at radius 2 is 2.21 bits per heavy atom. The van der Waals surface area contributed by atoms with Gasteiger partial charge in [-0.1, -0.05) is 28.6 Å². The zero-order valence-corrected chi connectivity index (χ0v) is 9.47. The van der Waals surface area contributed by atoms with Crippen molar-refractivity contribution in [2.24, 2.45) is 0 Å². The molecular weight excluding hydrogens is 244 g/mol. The molecule has 1 rings (SSSR count). The van der Waals surface area contributed by atoms with Gasteiger partial charge in [0, 0.05) is 16.5 Å². The smallest absolute Gasteiger partial charge is 0.331 e. The van der Waals surface area contributed by atoms with E-state index in [1.807, 2.05) is 25.1 Å². The van der Waals surface area contributed by atoms with Gasteiger partial charge < -0.3 is 5.11 Å². The lowest BCUT2D eigenvalue weighted by atomic mass is 10.0. The summed E-state index contributed by atoms with van der Waals surface area (Å²) in [6.45, 7) is 5.46. The molecule has 0 amide bonds. The summed E-state index contributed by atoms with van der Waals surface area (Å²) in [5, 5.41) is 8.69. The van der Waals surface area contributed by atoms with Crippen LogP contribution in [-0.4, -0.2) is 11.1 Å². The van der Waals surface area contributed by atoms with Crippen molar-refractivity contribution in [1.29, 1.82) is 0 Å². The van der Waals surface area contributed by atoms with Gasteiger partial charge in [-0.2, -0.15) is 0 Å². The van der Waals surface area contributed by atoms with E-state index in [1.165, 1.54) is 0 Å². The van der Waals surface area contributed by atoms with Crippen LogP contribution in [-0.2, 0) is 11.2 Å². The zero-order chi connectivity index (χ0) is 10.7. The molecule has 0 aromatic heterocycles. The van der Waals surface area contributed by atoms with E-state index < -0.39 is 5.97 Å². The lowest BCUT2D eigenvalue weighted by Gasteiger charge is -2.05. The summed E-state index contributed by atoms with van der Waals surface area (Å²) in [5.41, 5.74) is 2.29. The van der Waals surface area contributed by atoms with E-state index in [1.54, 1.807) is 0 Å². The van der Waals surface area contributed by atoms with Gasteiger partial charge in [-0.05, 0) is 30.2 Å². The molecule has 0 radical (unpaired) electrons. The van der Waals surface area contributed by atoms with E-state index in [-0.39, 0.29) is 5.57 Å². The third-order valence-corrected chi connectivity index (χ3v) is 2.51. The van der Waals surface area contributed by atoms with E-state index in [2.05, 4.69) is 22.5 Å². The Morgan fingerprint density at radius 3 is 2.79 bits per heavy atom. The molecule has 1 aromatic carbocycles. The van der Waals surface area contributed by atoms with Crippen LogP contribution in [0.2, 0.25) is 0 Å². The molecule has 0 aliphatic rings. The van der Waals surface area contributed by atoms with Crippen molar-refractivity contribution in [1.82, 2.24) is 0 Å². The van der Waals surface area contributed by atoms with Gasteiger partial charge in [0.15, 0.2) is 0 Å². The highest BCUT2D eigenvalue weighted by Gasteiger charge is 2.07. The summed E-state index contributed by atoms with van der Waals surface area (Å²) in [4.78, 5) is 10.6. The van der Waals surface area contributed by atoms with Crippen molar-refractivity contribution in [3.05, 3.63) is 46.0 Å². The molecule has 1 aromatic rings. The Bertz CT molecular complexity index is 383. The first-order valence-corrected chi connectivity index (χ1v) is 4.96. The average Bonchev–Trinajstić information content (AvgIpc) is 2.11. The van der Waals surface area contributed by atoms with Gasteiger partial charge in [-0.25, -0.2) is 4.79 Å². The second-order valence-corrected chi connectivity index (χ2v) is 4.07. The highest BCUT2D eigenvalue weighted by Crippen LogP contribution is 2.18. The predicted molar refractivity (Wildman–Crippen MR) is 59.4 cm³/mol. The second-order valence-electron chi connectivity index (χ2n) is 3.16. The number of carboxylic acids is 1. The van der Waals surface area contributed by atoms with E-state index in [4.69, 9.17) is 5.11 Å². The lowest BCUT2D eigenvalue weighted by molar-refractivity contribution is -0.132. The van der Waals surface area contributed by atoms with E-state index in [9.17, 15) is 4.79 Å². The number of hydrogen-bond donors (Lipinski definition) is 1. The lowest BCUT2D eigenvalue weighted by Crippen LogP contribution is -2.03.